The molecule has 2 unspecified atom stereocenters. The minimum absolute atomic E-state index is 0.0359. The van der Waals surface area contributed by atoms with Crippen LogP contribution in [0, 0.1) is 5.92 Å². The van der Waals surface area contributed by atoms with Crippen molar-refractivity contribution >= 4 is 11.9 Å². The molecule has 0 aromatic carbocycles. The number of esters is 2. The van der Waals surface area contributed by atoms with Crippen LogP contribution in [0.4, 0.5) is 0 Å². The van der Waals surface area contributed by atoms with E-state index >= 15 is 0 Å². The van der Waals surface area contributed by atoms with Gasteiger partial charge in [-0.2, -0.15) is 0 Å². The first-order valence-electron chi connectivity index (χ1n) is 32.9. The molecule has 0 aromatic rings. The fourth-order valence-corrected chi connectivity index (χ4v) is 10.8. The van der Waals surface area contributed by atoms with Gasteiger partial charge in [-0.05, 0) is 50.9 Å². The Morgan fingerprint density at radius 1 is 0.257 bits per heavy atom. The second-order valence-electron chi connectivity index (χ2n) is 22.9. The Hall–Kier alpha value is -1.06. The third-order valence-corrected chi connectivity index (χ3v) is 15.7. The molecule has 0 aliphatic heterocycles. The molecule has 2 atom stereocenters. The second kappa shape index (κ2) is 60.5. The molecular weight excluding hydrogens is 857 g/mol. The van der Waals surface area contributed by atoms with E-state index in [0.717, 1.165) is 57.8 Å². The Kier molecular flexibility index (Phi) is 59.6. The smallest absolute Gasteiger partial charge is 0.306 e. The summed E-state index contributed by atoms with van der Waals surface area (Å²) in [5.41, 5.74) is 0. The van der Waals surface area contributed by atoms with E-state index in [2.05, 4.69) is 27.7 Å². The van der Waals surface area contributed by atoms with Crippen LogP contribution in [0.25, 0.3) is 0 Å². The van der Waals surface area contributed by atoms with Crippen LogP contribution < -0.4 is 0 Å². The van der Waals surface area contributed by atoms with Crippen LogP contribution in [0.2, 0.25) is 0 Å². The van der Waals surface area contributed by atoms with E-state index in [0.29, 0.717) is 25.4 Å². The molecule has 0 rings (SSSR count). The van der Waals surface area contributed by atoms with Crippen LogP contribution >= 0.6 is 0 Å². The van der Waals surface area contributed by atoms with Crippen LogP contribution in [0.15, 0.2) is 0 Å². The van der Waals surface area contributed by atoms with Crippen molar-refractivity contribution in [1.29, 1.82) is 0 Å². The molecule has 4 nitrogen and oxygen atoms in total. The average Bonchev–Trinajstić information content (AvgIpc) is 3.36. The zero-order valence-corrected chi connectivity index (χ0v) is 48.8. The van der Waals surface area contributed by atoms with Crippen LogP contribution in [-0.2, 0) is 19.1 Å². The van der Waals surface area contributed by atoms with E-state index in [4.69, 9.17) is 9.47 Å². The Morgan fingerprint density at radius 2 is 0.486 bits per heavy atom. The SMILES string of the molecule is CCCCCCCCCCCCCCCCCC(=O)OC(CCCC)CCCCCCCCCCC(=O)OCC(CCCCCCCCCCCCCC)CCCCCCCCCCCCCCCC. The van der Waals surface area contributed by atoms with E-state index in [-0.39, 0.29) is 18.0 Å². The molecule has 418 valence electrons. The number of carbonyl (C=O) groups is 2. The maximum atomic E-state index is 12.8. The topological polar surface area (TPSA) is 52.6 Å². The fourth-order valence-electron chi connectivity index (χ4n) is 10.8. The van der Waals surface area contributed by atoms with Gasteiger partial charge in [0.25, 0.3) is 0 Å². The number of carbonyl (C=O) groups excluding carboxylic acids is 2. The first-order chi connectivity index (χ1) is 34.6. The van der Waals surface area contributed by atoms with E-state index in [1.807, 2.05) is 0 Å². The number of ether oxygens (including phenoxy) is 2. The first kappa shape index (κ1) is 68.9. The van der Waals surface area contributed by atoms with Crippen molar-refractivity contribution in [3.63, 3.8) is 0 Å². The average molecular weight is 988 g/mol. The molecule has 0 spiro atoms. The highest BCUT2D eigenvalue weighted by Gasteiger charge is 2.15. The molecule has 0 saturated carbocycles. The molecule has 0 heterocycles. The zero-order valence-electron chi connectivity index (χ0n) is 48.8. The van der Waals surface area contributed by atoms with Crippen molar-refractivity contribution in [2.75, 3.05) is 6.61 Å². The molecule has 0 aromatic heterocycles. The van der Waals surface area contributed by atoms with Crippen LogP contribution in [0.5, 0.6) is 0 Å². The van der Waals surface area contributed by atoms with Gasteiger partial charge in [-0.15, -0.1) is 0 Å². The lowest BCUT2D eigenvalue weighted by Crippen LogP contribution is -2.18. The second-order valence-corrected chi connectivity index (χ2v) is 22.9. The minimum atomic E-state index is 0.0359. The molecule has 0 N–H and O–H groups in total. The molecule has 0 fully saturated rings. The van der Waals surface area contributed by atoms with Crippen molar-refractivity contribution in [3.8, 4) is 0 Å². The van der Waals surface area contributed by atoms with Gasteiger partial charge in [-0.1, -0.05) is 336 Å². The highest BCUT2D eigenvalue weighted by molar-refractivity contribution is 5.69. The maximum Gasteiger partial charge on any atom is 0.306 e. The van der Waals surface area contributed by atoms with Crippen LogP contribution in [0.3, 0.4) is 0 Å². The largest absolute Gasteiger partial charge is 0.465 e. The van der Waals surface area contributed by atoms with Gasteiger partial charge in [0.15, 0.2) is 0 Å². The minimum Gasteiger partial charge on any atom is -0.465 e. The quantitative estimate of drug-likeness (QED) is 0.0450. The Balaban J connectivity index is 4.16. The van der Waals surface area contributed by atoms with Gasteiger partial charge in [-0.3, -0.25) is 9.59 Å². The Bertz CT molecular complexity index is 995. The highest BCUT2D eigenvalue weighted by Crippen LogP contribution is 2.23. The number of unbranched alkanes of at least 4 members (excludes halogenated alkanes) is 46. The van der Waals surface area contributed by atoms with Crippen molar-refractivity contribution in [2.45, 2.75) is 400 Å². The lowest BCUT2D eigenvalue weighted by atomic mass is 9.94. The summed E-state index contributed by atoms with van der Waals surface area (Å²) in [5.74, 6) is 0.616. The van der Waals surface area contributed by atoms with Crippen molar-refractivity contribution in [2.24, 2.45) is 5.92 Å². The van der Waals surface area contributed by atoms with Crippen molar-refractivity contribution < 1.29 is 19.1 Å². The fraction of sp³-hybridized carbons (Fsp3) is 0.970. The van der Waals surface area contributed by atoms with E-state index < -0.39 is 0 Å². The van der Waals surface area contributed by atoms with Gasteiger partial charge in [-0.25, -0.2) is 0 Å². The van der Waals surface area contributed by atoms with Crippen molar-refractivity contribution in [1.82, 2.24) is 0 Å². The monoisotopic (exact) mass is 987 g/mol. The molecule has 0 radical (unpaired) electrons. The maximum absolute atomic E-state index is 12.8. The normalized spacial score (nSPS) is 12.5. The van der Waals surface area contributed by atoms with Gasteiger partial charge >= 0.3 is 11.9 Å². The van der Waals surface area contributed by atoms with Crippen molar-refractivity contribution in [3.05, 3.63) is 0 Å². The summed E-state index contributed by atoms with van der Waals surface area (Å²) >= 11 is 0. The van der Waals surface area contributed by atoms with Gasteiger partial charge in [0, 0.05) is 12.8 Å². The van der Waals surface area contributed by atoms with E-state index in [1.165, 1.54) is 295 Å². The molecule has 0 amide bonds. The Labute approximate surface area is 441 Å². The first-order valence-corrected chi connectivity index (χ1v) is 32.9. The summed E-state index contributed by atoms with van der Waals surface area (Å²) < 4.78 is 12.0. The van der Waals surface area contributed by atoms with Gasteiger partial charge in [0.2, 0.25) is 0 Å². The zero-order chi connectivity index (χ0) is 50.7. The van der Waals surface area contributed by atoms with Gasteiger partial charge < -0.3 is 9.47 Å². The summed E-state index contributed by atoms with van der Waals surface area (Å²) in [4.78, 5) is 25.5. The molecular formula is C66H130O4. The Morgan fingerprint density at radius 3 is 0.786 bits per heavy atom. The lowest BCUT2D eigenvalue weighted by molar-refractivity contribution is -0.150. The molecule has 0 aliphatic carbocycles. The number of hydrogen-bond acceptors (Lipinski definition) is 4. The van der Waals surface area contributed by atoms with E-state index in [9.17, 15) is 9.59 Å². The van der Waals surface area contributed by atoms with Gasteiger partial charge in [0.1, 0.15) is 6.10 Å². The predicted molar refractivity (Wildman–Crippen MR) is 310 cm³/mol. The summed E-state index contributed by atoms with van der Waals surface area (Å²) in [6.07, 6.45) is 74.1. The summed E-state index contributed by atoms with van der Waals surface area (Å²) in [6.45, 7) is 9.78. The molecule has 0 aliphatic rings. The standard InChI is InChI=1S/C66H130O4/c1-5-9-13-16-19-22-25-28-30-32-35-38-45-50-55-61-66(68)70-64(58-12-8-4)59-53-48-43-39-40-44-49-54-60-65(67)69-62-63(56-51-46-41-36-33-27-24-21-18-15-11-7-3)57-52-47-42-37-34-31-29-26-23-20-17-14-10-6-2/h63-64H,5-62H2,1-4H3. The third kappa shape index (κ3) is 56.2. The molecule has 0 bridgehead atoms. The number of hydrogen-bond donors (Lipinski definition) is 0. The van der Waals surface area contributed by atoms with Gasteiger partial charge in [0.05, 0.1) is 6.61 Å². The molecule has 70 heavy (non-hydrogen) atoms. The van der Waals surface area contributed by atoms with Crippen LogP contribution in [0.1, 0.15) is 394 Å². The van der Waals surface area contributed by atoms with Crippen LogP contribution in [-0.4, -0.2) is 24.6 Å². The van der Waals surface area contributed by atoms with E-state index in [1.54, 1.807) is 0 Å². The predicted octanol–water partition coefficient (Wildman–Crippen LogP) is 23.4. The third-order valence-electron chi connectivity index (χ3n) is 15.7. The summed E-state index contributed by atoms with van der Waals surface area (Å²) in [5, 5.41) is 0. The summed E-state index contributed by atoms with van der Waals surface area (Å²) in [7, 11) is 0. The molecule has 0 saturated heterocycles. The molecule has 4 heteroatoms. The number of rotatable bonds is 61. The summed E-state index contributed by atoms with van der Waals surface area (Å²) in [6, 6.07) is 0. The lowest BCUT2D eigenvalue weighted by Gasteiger charge is -2.18. The highest BCUT2D eigenvalue weighted by atomic mass is 16.5.